The number of hydrogen-bond acceptors (Lipinski definition) is 4. The molecule has 0 aliphatic carbocycles. The molecule has 0 amide bonds. The predicted octanol–water partition coefficient (Wildman–Crippen LogP) is 2.34. The predicted molar refractivity (Wildman–Crippen MR) is 79.4 cm³/mol. The zero-order valence-electron chi connectivity index (χ0n) is 11.0. The normalized spacial score (nSPS) is 17.0. The second-order valence-corrected chi connectivity index (χ2v) is 4.83. The molecule has 0 saturated carbocycles. The van der Waals surface area contributed by atoms with Gasteiger partial charge >= 0.3 is 0 Å². The minimum atomic E-state index is 0.879. The maximum Gasteiger partial charge on any atom is 0.176 e. The van der Waals surface area contributed by atoms with Gasteiger partial charge in [-0.05, 0) is 0 Å². The van der Waals surface area contributed by atoms with Crippen LogP contribution in [0.1, 0.15) is 11.1 Å². The Morgan fingerprint density at radius 3 is 1.35 bits per heavy atom. The Morgan fingerprint density at radius 2 is 1.00 bits per heavy atom. The Kier molecular flexibility index (Phi) is 2.52. The van der Waals surface area contributed by atoms with Crippen molar-refractivity contribution in [2.75, 3.05) is 13.1 Å². The fourth-order valence-electron chi connectivity index (χ4n) is 2.52. The van der Waals surface area contributed by atoms with Crippen molar-refractivity contribution in [3.63, 3.8) is 0 Å². The monoisotopic (exact) mass is 262 g/mol. The van der Waals surface area contributed by atoms with Gasteiger partial charge in [-0.2, -0.15) is 10.2 Å². The molecule has 3 aliphatic rings. The topological polar surface area (TPSA) is 31.2 Å². The summed E-state index contributed by atoms with van der Waals surface area (Å²) in [5, 5.41) is 13.4. The second kappa shape index (κ2) is 4.49. The van der Waals surface area contributed by atoms with Gasteiger partial charge in [0.25, 0.3) is 0 Å². The van der Waals surface area contributed by atoms with Gasteiger partial charge in [0, 0.05) is 11.1 Å². The molecule has 4 nitrogen and oxygen atoms in total. The molecule has 4 heteroatoms. The maximum absolute atomic E-state index is 4.72. The molecule has 0 N–H and O–H groups in total. The fraction of sp³-hybridized carbons (Fsp3) is 0.125. The minimum Gasteiger partial charge on any atom is -0.242 e. The number of fused-ring (bicyclic) bond motifs is 1. The number of hydrogen-bond donors (Lipinski definition) is 0. The zero-order valence-corrected chi connectivity index (χ0v) is 11.0. The van der Waals surface area contributed by atoms with E-state index < -0.39 is 0 Å². The van der Waals surface area contributed by atoms with Crippen molar-refractivity contribution in [3.8, 4) is 0 Å². The highest BCUT2D eigenvalue weighted by atomic mass is 15.7. The number of amidine groups is 2. The van der Waals surface area contributed by atoms with Crippen LogP contribution >= 0.6 is 0 Å². The second-order valence-electron chi connectivity index (χ2n) is 4.83. The van der Waals surface area contributed by atoms with Crippen LogP contribution in [0.2, 0.25) is 0 Å². The van der Waals surface area contributed by atoms with E-state index in [1.807, 2.05) is 46.4 Å². The fourth-order valence-corrected chi connectivity index (χ4v) is 2.52. The first-order valence-corrected chi connectivity index (χ1v) is 6.75. The number of hydrazone groups is 2. The van der Waals surface area contributed by atoms with Crippen LogP contribution in [0, 0.1) is 0 Å². The van der Waals surface area contributed by atoms with Gasteiger partial charge in [-0.3, -0.25) is 0 Å². The van der Waals surface area contributed by atoms with E-state index in [9.17, 15) is 0 Å². The zero-order chi connectivity index (χ0) is 13.4. The Hall–Kier alpha value is -2.62. The Balaban J connectivity index is 1.72. The molecule has 0 unspecified atom stereocenters. The van der Waals surface area contributed by atoms with Gasteiger partial charge in [-0.25, -0.2) is 10.0 Å². The van der Waals surface area contributed by atoms with Crippen molar-refractivity contribution in [1.82, 2.24) is 10.0 Å². The molecule has 5 rings (SSSR count). The first kappa shape index (κ1) is 11.2. The van der Waals surface area contributed by atoms with Crippen molar-refractivity contribution in [2.45, 2.75) is 0 Å². The molecule has 0 aromatic heterocycles. The molecule has 0 atom stereocenters. The van der Waals surface area contributed by atoms with Gasteiger partial charge in [0.1, 0.15) is 0 Å². The quantitative estimate of drug-likeness (QED) is 0.832. The SMILES string of the molecule is c1ccc(C2=NN3CCN2N=C3c2ccccc2)cc1. The molecule has 20 heavy (non-hydrogen) atoms. The highest BCUT2D eigenvalue weighted by Crippen LogP contribution is 2.21. The average Bonchev–Trinajstić information content (AvgIpc) is 2.57. The van der Waals surface area contributed by atoms with Gasteiger partial charge in [0.2, 0.25) is 0 Å². The molecule has 98 valence electrons. The molecule has 2 bridgehead atoms. The van der Waals surface area contributed by atoms with Gasteiger partial charge in [-0.1, -0.05) is 60.7 Å². The number of rotatable bonds is 2. The smallest absolute Gasteiger partial charge is 0.176 e. The van der Waals surface area contributed by atoms with Crippen molar-refractivity contribution in [1.29, 1.82) is 0 Å². The van der Waals surface area contributed by atoms with Gasteiger partial charge in [0.15, 0.2) is 11.7 Å². The lowest BCUT2D eigenvalue weighted by Crippen LogP contribution is -2.50. The van der Waals surface area contributed by atoms with E-state index in [1.165, 1.54) is 0 Å². The Morgan fingerprint density at radius 1 is 0.600 bits per heavy atom. The highest BCUT2D eigenvalue weighted by molar-refractivity contribution is 6.06. The van der Waals surface area contributed by atoms with E-state index in [0.29, 0.717) is 0 Å². The van der Waals surface area contributed by atoms with Crippen LogP contribution < -0.4 is 0 Å². The summed E-state index contributed by atoms with van der Waals surface area (Å²) in [6.07, 6.45) is 0. The standard InChI is InChI=1S/C16H14N4/c1-3-7-13(8-4-1)15-17-20-12-11-19(15)18-16(20)14-9-5-2-6-10-14/h1-10H,11-12H2. The van der Waals surface area contributed by atoms with Gasteiger partial charge in [0.05, 0.1) is 13.1 Å². The van der Waals surface area contributed by atoms with E-state index in [1.54, 1.807) is 0 Å². The number of nitrogens with zero attached hydrogens (tertiary/aromatic N) is 4. The lowest BCUT2D eigenvalue weighted by Gasteiger charge is -2.38. The van der Waals surface area contributed by atoms with Gasteiger partial charge in [-0.15, -0.1) is 0 Å². The molecule has 3 aliphatic heterocycles. The van der Waals surface area contributed by atoms with Crippen LogP contribution in [-0.4, -0.2) is 34.8 Å². The molecule has 0 radical (unpaired) electrons. The lowest BCUT2D eigenvalue weighted by molar-refractivity contribution is 0.274. The van der Waals surface area contributed by atoms with Crippen molar-refractivity contribution < 1.29 is 0 Å². The summed E-state index contributed by atoms with van der Waals surface area (Å²) < 4.78 is 0. The first-order valence-electron chi connectivity index (χ1n) is 6.75. The summed E-state index contributed by atoms with van der Waals surface area (Å²) in [7, 11) is 0. The van der Waals surface area contributed by atoms with Crippen LogP contribution in [0.5, 0.6) is 0 Å². The summed E-state index contributed by atoms with van der Waals surface area (Å²) in [5.41, 5.74) is 2.21. The van der Waals surface area contributed by atoms with E-state index >= 15 is 0 Å². The summed E-state index contributed by atoms with van der Waals surface area (Å²) in [6.45, 7) is 1.76. The van der Waals surface area contributed by atoms with E-state index in [-0.39, 0.29) is 0 Å². The van der Waals surface area contributed by atoms with Crippen molar-refractivity contribution >= 4 is 11.7 Å². The van der Waals surface area contributed by atoms with Gasteiger partial charge < -0.3 is 0 Å². The summed E-state index contributed by atoms with van der Waals surface area (Å²) in [6, 6.07) is 20.4. The molecule has 2 aromatic rings. The molecular weight excluding hydrogens is 248 g/mol. The van der Waals surface area contributed by atoms with Crippen LogP contribution in [-0.2, 0) is 0 Å². The van der Waals surface area contributed by atoms with Crippen molar-refractivity contribution in [2.24, 2.45) is 10.2 Å². The Bertz CT molecular complexity index is 615. The number of benzene rings is 2. The average molecular weight is 262 g/mol. The maximum atomic E-state index is 4.72. The van der Waals surface area contributed by atoms with E-state index in [0.717, 1.165) is 35.9 Å². The van der Waals surface area contributed by atoms with Crippen LogP contribution in [0.25, 0.3) is 0 Å². The summed E-state index contributed by atoms with van der Waals surface area (Å²) >= 11 is 0. The third-order valence-corrected chi connectivity index (χ3v) is 3.51. The van der Waals surface area contributed by atoms with Crippen molar-refractivity contribution in [3.05, 3.63) is 71.8 Å². The largest absolute Gasteiger partial charge is 0.242 e. The molecule has 0 spiro atoms. The first-order chi connectivity index (χ1) is 9.92. The molecule has 3 heterocycles. The molecular formula is C16H14N4. The molecule has 0 saturated heterocycles. The van der Waals surface area contributed by atoms with E-state index in [2.05, 4.69) is 24.3 Å². The molecule has 0 fully saturated rings. The van der Waals surface area contributed by atoms with Crippen LogP contribution in [0.3, 0.4) is 0 Å². The lowest BCUT2D eigenvalue weighted by atomic mass is 10.1. The third-order valence-electron chi connectivity index (χ3n) is 3.51. The minimum absolute atomic E-state index is 0.879. The summed E-state index contributed by atoms with van der Waals surface area (Å²) in [5.74, 6) is 1.85. The third kappa shape index (κ3) is 1.77. The highest BCUT2D eigenvalue weighted by Gasteiger charge is 2.30. The summed E-state index contributed by atoms with van der Waals surface area (Å²) in [4.78, 5) is 0. The molecule has 2 aromatic carbocycles. The van der Waals surface area contributed by atoms with E-state index in [4.69, 9.17) is 10.2 Å². The van der Waals surface area contributed by atoms with Crippen LogP contribution in [0.15, 0.2) is 70.9 Å². The Labute approximate surface area is 117 Å². The van der Waals surface area contributed by atoms with Crippen LogP contribution in [0.4, 0.5) is 0 Å².